The second kappa shape index (κ2) is 7.68. The Morgan fingerprint density at radius 1 is 1.03 bits per heavy atom. The summed E-state index contributed by atoms with van der Waals surface area (Å²) in [5.74, 6) is 1.30. The molecule has 0 unspecified atom stereocenters. The van der Waals surface area contributed by atoms with Gasteiger partial charge in [0, 0.05) is 36.2 Å². The fourth-order valence-corrected chi connectivity index (χ4v) is 3.74. The van der Waals surface area contributed by atoms with Crippen LogP contribution < -0.4 is 5.32 Å². The second-order valence-electron chi connectivity index (χ2n) is 7.47. The number of aromatic nitrogens is 5. The highest BCUT2D eigenvalue weighted by Gasteiger charge is 2.10. The molecule has 3 heterocycles. The third-order valence-corrected chi connectivity index (χ3v) is 5.26. The summed E-state index contributed by atoms with van der Waals surface area (Å²) >= 11 is 0. The summed E-state index contributed by atoms with van der Waals surface area (Å²) in [6.45, 7) is 2.43. The Balaban J connectivity index is 1.47. The number of hydrogen-bond acceptors (Lipinski definition) is 4. The maximum absolute atomic E-state index is 13.4. The average molecular weight is 412 g/mol. The molecule has 154 valence electrons. The first-order chi connectivity index (χ1) is 15.1. The molecule has 5 aromatic rings. The third-order valence-electron chi connectivity index (χ3n) is 5.26. The highest BCUT2D eigenvalue weighted by Crippen LogP contribution is 2.26. The molecule has 2 aromatic carbocycles. The van der Waals surface area contributed by atoms with E-state index in [1.165, 1.54) is 12.1 Å². The van der Waals surface area contributed by atoms with Gasteiger partial charge in [0.05, 0.1) is 18.3 Å². The summed E-state index contributed by atoms with van der Waals surface area (Å²) in [4.78, 5) is 9.18. The number of fused-ring (bicyclic) bond motifs is 1. The van der Waals surface area contributed by atoms with E-state index in [9.17, 15) is 4.39 Å². The van der Waals surface area contributed by atoms with Crippen LogP contribution in [0.4, 0.5) is 10.1 Å². The third kappa shape index (κ3) is 3.77. The number of aryl methyl sites for hydroxylation is 2. The molecule has 0 bridgehead atoms. The zero-order valence-electron chi connectivity index (χ0n) is 17.2. The van der Waals surface area contributed by atoms with Crippen molar-refractivity contribution in [1.82, 2.24) is 24.3 Å². The first-order valence-electron chi connectivity index (χ1n) is 10.00. The van der Waals surface area contributed by atoms with Gasteiger partial charge in [0.25, 0.3) is 0 Å². The fourth-order valence-electron chi connectivity index (χ4n) is 3.74. The zero-order chi connectivity index (χ0) is 21.4. The molecule has 6 nitrogen and oxygen atoms in total. The van der Waals surface area contributed by atoms with Crippen LogP contribution in [0.1, 0.15) is 11.5 Å². The molecule has 0 saturated carbocycles. The zero-order valence-corrected chi connectivity index (χ0v) is 17.2. The van der Waals surface area contributed by atoms with Crippen molar-refractivity contribution >= 4 is 16.6 Å². The minimum Gasteiger partial charge on any atom is -0.378 e. The smallest absolute Gasteiger partial charge is 0.138 e. The van der Waals surface area contributed by atoms with E-state index in [0.717, 1.165) is 39.4 Å². The van der Waals surface area contributed by atoms with Crippen LogP contribution in [0.2, 0.25) is 0 Å². The lowest BCUT2D eigenvalue weighted by atomic mass is 10.0. The first kappa shape index (κ1) is 19.0. The van der Waals surface area contributed by atoms with Gasteiger partial charge in [-0.25, -0.2) is 14.4 Å². The Morgan fingerprint density at radius 2 is 1.94 bits per heavy atom. The largest absolute Gasteiger partial charge is 0.378 e. The molecule has 1 N–H and O–H groups in total. The van der Waals surface area contributed by atoms with Crippen molar-refractivity contribution in [2.24, 2.45) is 7.05 Å². The van der Waals surface area contributed by atoms with Gasteiger partial charge in [-0.3, -0.25) is 9.25 Å². The molecule has 0 aliphatic rings. The molecular weight excluding hydrogens is 391 g/mol. The van der Waals surface area contributed by atoms with Crippen LogP contribution in [0.3, 0.4) is 0 Å². The van der Waals surface area contributed by atoms with Crippen molar-refractivity contribution in [3.63, 3.8) is 0 Å². The Hall–Kier alpha value is -4.00. The van der Waals surface area contributed by atoms with Crippen LogP contribution in [0.5, 0.6) is 0 Å². The van der Waals surface area contributed by atoms with Gasteiger partial charge in [-0.05, 0) is 60.5 Å². The van der Waals surface area contributed by atoms with Crippen molar-refractivity contribution in [2.75, 3.05) is 5.32 Å². The van der Waals surface area contributed by atoms with Gasteiger partial charge in [0.1, 0.15) is 17.5 Å². The normalized spacial score (nSPS) is 11.2. The molecule has 3 aromatic heterocycles. The number of rotatable bonds is 5. The number of anilines is 1. The quantitative estimate of drug-likeness (QED) is 0.447. The maximum atomic E-state index is 13.4. The van der Waals surface area contributed by atoms with E-state index in [1.807, 2.05) is 41.7 Å². The number of hydrogen-bond donors (Lipinski definition) is 1. The molecule has 5 rings (SSSR count). The van der Waals surface area contributed by atoms with Gasteiger partial charge in [0.2, 0.25) is 0 Å². The molecule has 0 aliphatic heterocycles. The van der Waals surface area contributed by atoms with Crippen molar-refractivity contribution in [3.05, 3.63) is 90.5 Å². The van der Waals surface area contributed by atoms with Gasteiger partial charge in [-0.1, -0.05) is 12.1 Å². The van der Waals surface area contributed by atoms with E-state index < -0.39 is 0 Å². The minimum atomic E-state index is -0.274. The summed E-state index contributed by atoms with van der Waals surface area (Å²) in [6.07, 6.45) is 5.51. The average Bonchev–Trinajstić information content (AvgIpc) is 3.38. The predicted molar refractivity (Wildman–Crippen MR) is 120 cm³/mol. The van der Waals surface area contributed by atoms with Gasteiger partial charge >= 0.3 is 0 Å². The number of nitrogens with zero attached hydrogens (tertiary/aromatic N) is 5. The molecule has 7 heteroatoms. The van der Waals surface area contributed by atoms with Crippen LogP contribution in [0, 0.1) is 12.7 Å². The van der Waals surface area contributed by atoms with E-state index in [1.54, 1.807) is 12.3 Å². The molecule has 0 amide bonds. The summed E-state index contributed by atoms with van der Waals surface area (Å²) in [6, 6.07) is 16.8. The first-order valence-corrected chi connectivity index (χ1v) is 10.00. The highest BCUT2D eigenvalue weighted by atomic mass is 19.1. The number of halogens is 1. The standard InChI is InChI=1S/C24H21FN6/c1-16-10-18(17-6-7-22-19(11-17)14-28-30(22)2)12-23(29-16)31-9-8-26-24(31)15-27-21-5-3-4-20(25)13-21/h3-14,27H,15H2,1-2H3. The highest BCUT2D eigenvalue weighted by molar-refractivity contribution is 5.84. The lowest BCUT2D eigenvalue weighted by Gasteiger charge is -2.12. The van der Waals surface area contributed by atoms with Crippen LogP contribution in [-0.4, -0.2) is 24.3 Å². The lowest BCUT2D eigenvalue weighted by molar-refractivity contribution is 0.628. The van der Waals surface area contributed by atoms with Crippen LogP contribution >= 0.6 is 0 Å². The second-order valence-corrected chi connectivity index (χ2v) is 7.47. The van der Waals surface area contributed by atoms with Crippen molar-refractivity contribution in [3.8, 4) is 16.9 Å². The van der Waals surface area contributed by atoms with E-state index in [0.29, 0.717) is 12.2 Å². The number of pyridine rings is 1. The number of nitrogens with one attached hydrogen (secondary N) is 1. The fraction of sp³-hybridized carbons (Fsp3) is 0.125. The van der Waals surface area contributed by atoms with Gasteiger partial charge in [0.15, 0.2) is 0 Å². The van der Waals surface area contributed by atoms with E-state index in [2.05, 4.69) is 45.7 Å². The van der Waals surface area contributed by atoms with Crippen LogP contribution in [0.25, 0.3) is 27.8 Å². The predicted octanol–water partition coefficient (Wildman–Crippen LogP) is 4.88. The molecule has 0 fully saturated rings. The van der Waals surface area contributed by atoms with E-state index in [4.69, 9.17) is 4.98 Å². The molecule has 0 spiro atoms. The Labute approximate surface area is 179 Å². The summed E-state index contributed by atoms with van der Waals surface area (Å²) < 4.78 is 17.3. The SMILES string of the molecule is Cc1cc(-c2ccc3c(cnn3C)c2)cc(-n2ccnc2CNc2cccc(F)c2)n1. The summed E-state index contributed by atoms with van der Waals surface area (Å²) in [5, 5.41) is 8.65. The molecule has 0 saturated heterocycles. The van der Waals surface area contributed by atoms with E-state index in [-0.39, 0.29) is 5.82 Å². The number of benzene rings is 2. The Kier molecular flexibility index (Phi) is 4.71. The molecule has 0 radical (unpaired) electrons. The van der Waals surface area contributed by atoms with Crippen LogP contribution in [-0.2, 0) is 13.6 Å². The topological polar surface area (TPSA) is 60.6 Å². The van der Waals surface area contributed by atoms with Gasteiger partial charge in [-0.15, -0.1) is 0 Å². The maximum Gasteiger partial charge on any atom is 0.138 e. The monoisotopic (exact) mass is 412 g/mol. The van der Waals surface area contributed by atoms with E-state index >= 15 is 0 Å². The molecular formula is C24H21FN6. The van der Waals surface area contributed by atoms with Crippen molar-refractivity contribution < 1.29 is 4.39 Å². The van der Waals surface area contributed by atoms with Gasteiger partial charge < -0.3 is 5.32 Å². The lowest BCUT2D eigenvalue weighted by Crippen LogP contribution is -2.09. The minimum absolute atomic E-state index is 0.274. The van der Waals surface area contributed by atoms with Gasteiger partial charge in [-0.2, -0.15) is 5.10 Å². The number of imidazole rings is 1. The summed E-state index contributed by atoms with van der Waals surface area (Å²) in [7, 11) is 1.94. The summed E-state index contributed by atoms with van der Waals surface area (Å²) in [5.41, 5.74) is 4.89. The van der Waals surface area contributed by atoms with Crippen molar-refractivity contribution in [1.29, 1.82) is 0 Å². The van der Waals surface area contributed by atoms with Crippen molar-refractivity contribution in [2.45, 2.75) is 13.5 Å². The molecule has 0 aliphatic carbocycles. The molecule has 31 heavy (non-hydrogen) atoms. The Morgan fingerprint density at radius 3 is 2.81 bits per heavy atom. The molecule has 0 atom stereocenters. The van der Waals surface area contributed by atoms with Crippen LogP contribution in [0.15, 0.2) is 73.2 Å². The Bertz CT molecular complexity index is 1380.